The summed E-state index contributed by atoms with van der Waals surface area (Å²) in [5.74, 6) is -1.89. The second-order valence-corrected chi connectivity index (χ2v) is 8.37. The van der Waals surface area contributed by atoms with Crippen molar-refractivity contribution in [1.82, 2.24) is 9.21 Å². The molecule has 0 aromatic heterocycles. The Bertz CT molecular complexity index is 955. The fourth-order valence-electron chi connectivity index (χ4n) is 3.07. The number of aryl methyl sites for hydroxylation is 1. The van der Waals surface area contributed by atoms with E-state index in [1.54, 1.807) is 4.90 Å². The van der Waals surface area contributed by atoms with Gasteiger partial charge in [-0.05, 0) is 36.2 Å². The number of rotatable bonds is 4. The van der Waals surface area contributed by atoms with E-state index in [9.17, 15) is 22.0 Å². The van der Waals surface area contributed by atoms with Crippen LogP contribution < -0.4 is 0 Å². The summed E-state index contributed by atoms with van der Waals surface area (Å²) in [5.41, 5.74) is 1.95. The molecule has 1 amide bonds. The first-order valence-electron chi connectivity index (χ1n) is 8.56. The molecule has 0 saturated carbocycles. The molecule has 27 heavy (non-hydrogen) atoms. The van der Waals surface area contributed by atoms with Gasteiger partial charge in [0.25, 0.3) is 0 Å². The minimum Gasteiger partial charge on any atom is -0.340 e. The smallest absolute Gasteiger partial charge is 0.246 e. The number of carbonyl (C=O) groups excluding carboxylic acids is 1. The van der Waals surface area contributed by atoms with Crippen LogP contribution in [0.25, 0.3) is 0 Å². The van der Waals surface area contributed by atoms with E-state index >= 15 is 0 Å². The van der Waals surface area contributed by atoms with Crippen molar-refractivity contribution >= 4 is 15.9 Å². The van der Waals surface area contributed by atoms with Crippen LogP contribution in [-0.4, -0.2) is 49.7 Å². The van der Waals surface area contributed by atoms with Crippen molar-refractivity contribution in [3.8, 4) is 0 Å². The highest BCUT2D eigenvalue weighted by Crippen LogP contribution is 2.22. The molecule has 1 fully saturated rings. The van der Waals surface area contributed by atoms with E-state index in [2.05, 4.69) is 0 Å². The highest BCUT2D eigenvalue weighted by Gasteiger charge is 2.32. The molecule has 0 aliphatic carbocycles. The summed E-state index contributed by atoms with van der Waals surface area (Å²) in [6, 6.07) is 9.94. The number of carbonyl (C=O) groups is 1. The quantitative estimate of drug-likeness (QED) is 0.800. The van der Waals surface area contributed by atoms with Crippen molar-refractivity contribution in [3.05, 3.63) is 65.2 Å². The summed E-state index contributed by atoms with van der Waals surface area (Å²) >= 11 is 0. The third-order valence-corrected chi connectivity index (χ3v) is 6.62. The average molecular weight is 394 g/mol. The summed E-state index contributed by atoms with van der Waals surface area (Å²) in [6.45, 7) is 2.43. The molecule has 1 aliphatic rings. The molecule has 1 saturated heterocycles. The van der Waals surface area contributed by atoms with E-state index in [4.69, 9.17) is 0 Å². The van der Waals surface area contributed by atoms with Gasteiger partial charge >= 0.3 is 0 Å². The lowest BCUT2D eigenvalue weighted by molar-refractivity contribution is -0.131. The fourth-order valence-corrected chi connectivity index (χ4v) is 4.57. The number of halogens is 2. The molecule has 0 unspecified atom stereocenters. The Hall–Kier alpha value is -2.32. The molecule has 1 heterocycles. The summed E-state index contributed by atoms with van der Waals surface area (Å²) in [5, 5.41) is 0. The highest BCUT2D eigenvalue weighted by molar-refractivity contribution is 7.89. The van der Waals surface area contributed by atoms with Crippen molar-refractivity contribution in [3.63, 3.8) is 0 Å². The van der Waals surface area contributed by atoms with E-state index in [1.807, 2.05) is 31.2 Å². The van der Waals surface area contributed by atoms with Crippen molar-refractivity contribution in [2.24, 2.45) is 0 Å². The normalized spacial score (nSPS) is 15.7. The van der Waals surface area contributed by atoms with Crippen LogP contribution in [0.4, 0.5) is 8.78 Å². The number of benzene rings is 2. The van der Waals surface area contributed by atoms with Gasteiger partial charge < -0.3 is 4.90 Å². The van der Waals surface area contributed by atoms with Crippen LogP contribution in [0.2, 0.25) is 0 Å². The van der Waals surface area contributed by atoms with Crippen LogP contribution in [0.5, 0.6) is 0 Å². The number of hydrogen-bond acceptors (Lipinski definition) is 3. The zero-order valence-corrected chi connectivity index (χ0v) is 15.7. The first-order valence-corrected chi connectivity index (χ1v) is 10.0. The molecule has 2 aromatic carbocycles. The summed E-state index contributed by atoms with van der Waals surface area (Å²) < 4.78 is 53.5. The summed E-state index contributed by atoms with van der Waals surface area (Å²) in [6.07, 6.45) is 0.248. The van der Waals surface area contributed by atoms with Crippen LogP contribution in [-0.2, 0) is 21.2 Å². The molecule has 0 atom stereocenters. The van der Waals surface area contributed by atoms with Crippen LogP contribution >= 0.6 is 0 Å². The van der Waals surface area contributed by atoms with E-state index in [0.29, 0.717) is 6.07 Å². The zero-order chi connectivity index (χ0) is 19.6. The third kappa shape index (κ3) is 4.17. The van der Waals surface area contributed by atoms with Gasteiger partial charge in [-0.3, -0.25) is 4.79 Å². The van der Waals surface area contributed by atoms with Crippen LogP contribution in [0.3, 0.4) is 0 Å². The van der Waals surface area contributed by atoms with Gasteiger partial charge in [0.15, 0.2) is 0 Å². The number of piperazine rings is 1. The average Bonchev–Trinajstić information content (AvgIpc) is 2.65. The largest absolute Gasteiger partial charge is 0.340 e. The molecule has 0 spiro atoms. The Morgan fingerprint density at radius 2 is 1.70 bits per heavy atom. The molecule has 144 valence electrons. The molecule has 0 N–H and O–H groups in total. The number of amides is 1. The first kappa shape index (κ1) is 19.4. The van der Waals surface area contributed by atoms with Gasteiger partial charge in [0.05, 0.1) is 6.42 Å². The van der Waals surface area contributed by atoms with Crippen molar-refractivity contribution < 1.29 is 22.0 Å². The maximum Gasteiger partial charge on any atom is 0.246 e. The van der Waals surface area contributed by atoms with E-state index in [-0.39, 0.29) is 38.5 Å². The molecule has 2 aromatic rings. The molecule has 1 aliphatic heterocycles. The lowest BCUT2D eigenvalue weighted by Gasteiger charge is -2.34. The Labute approximate surface area is 157 Å². The second kappa shape index (κ2) is 7.74. The molecule has 3 rings (SSSR count). The molecule has 0 radical (unpaired) electrons. The minimum atomic E-state index is -4.15. The van der Waals surface area contributed by atoms with Gasteiger partial charge in [-0.15, -0.1) is 0 Å². The van der Waals surface area contributed by atoms with Crippen molar-refractivity contribution in [1.29, 1.82) is 0 Å². The first-order chi connectivity index (χ1) is 12.8. The van der Waals surface area contributed by atoms with Gasteiger partial charge in [0, 0.05) is 26.2 Å². The van der Waals surface area contributed by atoms with Crippen LogP contribution in [0.1, 0.15) is 11.1 Å². The number of hydrogen-bond donors (Lipinski definition) is 0. The molecule has 5 nitrogen and oxygen atoms in total. The van der Waals surface area contributed by atoms with Crippen LogP contribution in [0.15, 0.2) is 47.4 Å². The van der Waals surface area contributed by atoms with Gasteiger partial charge in [0.1, 0.15) is 16.5 Å². The Kier molecular flexibility index (Phi) is 5.57. The van der Waals surface area contributed by atoms with Gasteiger partial charge in [-0.2, -0.15) is 4.31 Å². The van der Waals surface area contributed by atoms with Crippen LogP contribution in [0, 0.1) is 18.6 Å². The van der Waals surface area contributed by atoms with Crippen molar-refractivity contribution in [2.45, 2.75) is 18.2 Å². The number of sulfonamides is 1. The second-order valence-electron chi connectivity index (χ2n) is 6.46. The number of nitrogens with zero attached hydrogens (tertiary/aromatic N) is 2. The predicted molar refractivity (Wildman–Crippen MR) is 96.6 cm³/mol. The van der Waals surface area contributed by atoms with E-state index in [1.165, 1.54) is 0 Å². The van der Waals surface area contributed by atoms with Gasteiger partial charge in [-0.1, -0.05) is 24.3 Å². The zero-order valence-electron chi connectivity index (χ0n) is 14.9. The summed E-state index contributed by atoms with van der Waals surface area (Å²) in [4.78, 5) is 13.4. The summed E-state index contributed by atoms with van der Waals surface area (Å²) in [7, 11) is -4.15. The Morgan fingerprint density at radius 1 is 1.04 bits per heavy atom. The minimum absolute atomic E-state index is 0.0395. The lowest BCUT2D eigenvalue weighted by Crippen LogP contribution is -2.51. The van der Waals surface area contributed by atoms with E-state index < -0.39 is 26.6 Å². The topological polar surface area (TPSA) is 57.7 Å². The molecule has 0 bridgehead atoms. The standard InChI is InChI=1S/C19H20F2N2O3S/c1-14-4-2-3-5-15(14)12-19(24)22-8-10-23(11-9-22)27(25,26)18-13-16(20)6-7-17(18)21/h2-7,13H,8-12H2,1H3. The Balaban J connectivity index is 1.67. The van der Waals surface area contributed by atoms with Crippen molar-refractivity contribution in [2.75, 3.05) is 26.2 Å². The lowest BCUT2D eigenvalue weighted by atomic mass is 10.1. The maximum atomic E-state index is 13.9. The maximum absolute atomic E-state index is 13.9. The fraction of sp³-hybridized carbons (Fsp3) is 0.316. The van der Waals surface area contributed by atoms with E-state index in [0.717, 1.165) is 27.6 Å². The molecule has 8 heteroatoms. The SMILES string of the molecule is Cc1ccccc1CC(=O)N1CCN(S(=O)(=O)c2cc(F)ccc2F)CC1. The van der Waals surface area contributed by atoms with Gasteiger partial charge in [-0.25, -0.2) is 17.2 Å². The third-order valence-electron chi connectivity index (χ3n) is 4.71. The van der Waals surface area contributed by atoms with Gasteiger partial charge in [0.2, 0.25) is 15.9 Å². The predicted octanol–water partition coefficient (Wildman–Crippen LogP) is 2.35. The molecular formula is C19H20F2N2O3S. The monoisotopic (exact) mass is 394 g/mol. The molecular weight excluding hydrogens is 374 g/mol. The highest BCUT2D eigenvalue weighted by atomic mass is 32.2. The Morgan fingerprint density at radius 3 is 2.37 bits per heavy atom.